The number of nitrogens with zero attached hydrogens (tertiary/aromatic N) is 1. The van der Waals surface area contributed by atoms with E-state index in [1.807, 2.05) is 0 Å². The summed E-state index contributed by atoms with van der Waals surface area (Å²) < 4.78 is 11.6. The molecule has 2 atom stereocenters. The van der Waals surface area contributed by atoms with Crippen molar-refractivity contribution >= 4 is 10.8 Å². The summed E-state index contributed by atoms with van der Waals surface area (Å²) in [7, 11) is -0.578. The molecule has 0 spiro atoms. The average Bonchev–Trinajstić information content (AvgIpc) is 2.25. The zero-order valence-corrected chi connectivity index (χ0v) is 11.0. The van der Waals surface area contributed by atoms with E-state index in [0.29, 0.717) is 6.04 Å². The van der Waals surface area contributed by atoms with E-state index in [4.69, 9.17) is 0 Å². The lowest BCUT2D eigenvalue weighted by Gasteiger charge is -2.33. The molecular formula is C12H25NOS. The average molecular weight is 231 g/mol. The smallest absolute Gasteiger partial charge is 0.0362 e. The quantitative estimate of drug-likeness (QED) is 0.699. The van der Waals surface area contributed by atoms with Crippen LogP contribution in [0.5, 0.6) is 0 Å². The topological polar surface area (TPSA) is 20.3 Å². The van der Waals surface area contributed by atoms with Crippen molar-refractivity contribution in [2.45, 2.75) is 52.0 Å². The van der Waals surface area contributed by atoms with Gasteiger partial charge in [-0.25, -0.2) is 0 Å². The molecule has 3 heteroatoms. The Balaban J connectivity index is 2.14. The summed E-state index contributed by atoms with van der Waals surface area (Å²) in [6, 6.07) is 0.710. The third-order valence-corrected chi connectivity index (χ3v) is 4.65. The maximum Gasteiger partial charge on any atom is 0.0362 e. The predicted molar refractivity (Wildman–Crippen MR) is 67.7 cm³/mol. The van der Waals surface area contributed by atoms with Crippen LogP contribution in [0.1, 0.15) is 46.0 Å². The van der Waals surface area contributed by atoms with Gasteiger partial charge in [0.1, 0.15) is 0 Å². The van der Waals surface area contributed by atoms with Crippen molar-refractivity contribution in [3.8, 4) is 0 Å². The molecule has 0 N–H and O–H groups in total. The highest BCUT2D eigenvalue weighted by Crippen LogP contribution is 2.15. The van der Waals surface area contributed by atoms with Gasteiger partial charge in [0.2, 0.25) is 0 Å². The molecular weight excluding hydrogens is 206 g/mol. The van der Waals surface area contributed by atoms with Gasteiger partial charge in [-0.05, 0) is 32.7 Å². The number of hydrogen-bond acceptors (Lipinski definition) is 2. The van der Waals surface area contributed by atoms with Gasteiger partial charge in [0.25, 0.3) is 0 Å². The molecule has 1 fully saturated rings. The monoisotopic (exact) mass is 231 g/mol. The molecule has 1 heterocycles. The van der Waals surface area contributed by atoms with Crippen molar-refractivity contribution in [3.05, 3.63) is 0 Å². The molecule has 0 aromatic rings. The number of unbranched alkanes of at least 4 members (excludes halogenated alkanes) is 1. The minimum Gasteiger partial charge on any atom is -0.300 e. The Labute approximate surface area is 96.9 Å². The van der Waals surface area contributed by atoms with Crippen LogP contribution in [0.15, 0.2) is 0 Å². The molecule has 2 unspecified atom stereocenters. The number of rotatable bonds is 6. The highest BCUT2D eigenvalue weighted by atomic mass is 32.2. The lowest BCUT2D eigenvalue weighted by Crippen LogP contribution is -2.39. The molecule has 0 aromatic carbocycles. The minimum atomic E-state index is -0.578. The zero-order chi connectivity index (χ0) is 11.1. The van der Waals surface area contributed by atoms with Crippen LogP contribution in [0.25, 0.3) is 0 Å². The molecule has 1 aliphatic rings. The van der Waals surface area contributed by atoms with Gasteiger partial charge >= 0.3 is 0 Å². The van der Waals surface area contributed by atoms with Crippen LogP contribution in [0.3, 0.4) is 0 Å². The standard InChI is InChI=1S/C12H25NOS/c1-3-4-10-15(14)11-9-13-8-6-5-7-12(13)2/h12H,3-11H2,1-2H3. The van der Waals surface area contributed by atoms with E-state index in [1.165, 1.54) is 25.8 Å². The van der Waals surface area contributed by atoms with Gasteiger partial charge in [-0.3, -0.25) is 9.11 Å². The first kappa shape index (κ1) is 13.2. The first-order valence-electron chi connectivity index (χ1n) is 6.33. The Morgan fingerprint density at radius 2 is 2.13 bits per heavy atom. The normalized spacial score (nSPS) is 25.3. The number of piperidine rings is 1. The summed E-state index contributed by atoms with van der Waals surface area (Å²) in [4.78, 5) is 2.51. The van der Waals surface area contributed by atoms with Gasteiger partial charge in [0.15, 0.2) is 0 Å². The summed E-state index contributed by atoms with van der Waals surface area (Å²) in [5.41, 5.74) is 0. The minimum absolute atomic E-state index is 0.578. The van der Waals surface area contributed by atoms with E-state index in [-0.39, 0.29) is 0 Å². The molecule has 15 heavy (non-hydrogen) atoms. The molecule has 0 saturated carbocycles. The molecule has 2 nitrogen and oxygen atoms in total. The van der Waals surface area contributed by atoms with Crippen LogP contribution in [0.4, 0.5) is 0 Å². The van der Waals surface area contributed by atoms with Crippen LogP contribution >= 0.6 is 0 Å². The Morgan fingerprint density at radius 3 is 2.80 bits per heavy atom. The van der Waals surface area contributed by atoms with E-state index >= 15 is 0 Å². The second kappa shape index (κ2) is 7.39. The summed E-state index contributed by atoms with van der Waals surface area (Å²) >= 11 is 0. The van der Waals surface area contributed by atoms with Crippen molar-refractivity contribution in [1.29, 1.82) is 0 Å². The summed E-state index contributed by atoms with van der Waals surface area (Å²) in [5, 5.41) is 0. The van der Waals surface area contributed by atoms with Gasteiger partial charge in [0, 0.05) is 34.9 Å². The molecule has 0 bridgehead atoms. The molecule has 0 aromatic heterocycles. The Kier molecular flexibility index (Phi) is 6.50. The van der Waals surface area contributed by atoms with Crippen LogP contribution in [0, 0.1) is 0 Å². The third kappa shape index (κ3) is 5.12. The molecule has 90 valence electrons. The van der Waals surface area contributed by atoms with Gasteiger partial charge in [-0.15, -0.1) is 0 Å². The molecule has 1 aliphatic heterocycles. The van der Waals surface area contributed by atoms with Gasteiger partial charge in [-0.1, -0.05) is 19.8 Å². The van der Waals surface area contributed by atoms with Crippen molar-refractivity contribution in [2.24, 2.45) is 0 Å². The van der Waals surface area contributed by atoms with Crippen molar-refractivity contribution in [1.82, 2.24) is 4.90 Å². The van der Waals surface area contributed by atoms with E-state index in [1.54, 1.807) is 0 Å². The Hall–Kier alpha value is 0.110. The fourth-order valence-electron chi connectivity index (χ4n) is 2.12. The zero-order valence-electron chi connectivity index (χ0n) is 10.2. The predicted octanol–water partition coefficient (Wildman–Crippen LogP) is 2.41. The lowest BCUT2D eigenvalue weighted by atomic mass is 10.0. The molecule has 0 amide bonds. The highest BCUT2D eigenvalue weighted by Gasteiger charge is 2.17. The lowest BCUT2D eigenvalue weighted by molar-refractivity contribution is 0.171. The van der Waals surface area contributed by atoms with Crippen molar-refractivity contribution in [2.75, 3.05) is 24.6 Å². The summed E-state index contributed by atoms with van der Waals surface area (Å²) in [5.74, 6) is 1.78. The Bertz CT molecular complexity index is 196. The molecule has 0 aliphatic carbocycles. The van der Waals surface area contributed by atoms with Crippen LogP contribution in [-0.4, -0.2) is 39.7 Å². The van der Waals surface area contributed by atoms with Crippen LogP contribution in [0.2, 0.25) is 0 Å². The maximum atomic E-state index is 11.6. The largest absolute Gasteiger partial charge is 0.300 e. The van der Waals surface area contributed by atoms with E-state index in [2.05, 4.69) is 18.7 Å². The SMILES string of the molecule is CCCCS(=O)CCN1CCCCC1C. The summed E-state index contributed by atoms with van der Waals surface area (Å²) in [6.07, 6.45) is 6.29. The second-order valence-electron chi connectivity index (χ2n) is 4.58. The summed E-state index contributed by atoms with van der Waals surface area (Å²) in [6.45, 7) is 6.71. The fourth-order valence-corrected chi connectivity index (χ4v) is 3.37. The van der Waals surface area contributed by atoms with Gasteiger partial charge < -0.3 is 0 Å². The van der Waals surface area contributed by atoms with Gasteiger partial charge in [-0.2, -0.15) is 0 Å². The second-order valence-corrected chi connectivity index (χ2v) is 6.28. The van der Waals surface area contributed by atoms with E-state index in [0.717, 1.165) is 30.9 Å². The molecule has 1 rings (SSSR count). The Morgan fingerprint density at radius 1 is 1.33 bits per heavy atom. The maximum absolute atomic E-state index is 11.6. The number of likely N-dealkylation sites (tertiary alicyclic amines) is 1. The highest BCUT2D eigenvalue weighted by molar-refractivity contribution is 7.84. The first-order valence-corrected chi connectivity index (χ1v) is 7.82. The number of hydrogen-bond donors (Lipinski definition) is 0. The van der Waals surface area contributed by atoms with Crippen molar-refractivity contribution in [3.63, 3.8) is 0 Å². The first-order chi connectivity index (χ1) is 7.24. The van der Waals surface area contributed by atoms with Crippen LogP contribution < -0.4 is 0 Å². The fraction of sp³-hybridized carbons (Fsp3) is 1.00. The van der Waals surface area contributed by atoms with Gasteiger partial charge in [0.05, 0.1) is 0 Å². The van der Waals surface area contributed by atoms with Crippen LogP contribution in [-0.2, 0) is 10.8 Å². The van der Waals surface area contributed by atoms with E-state index in [9.17, 15) is 4.21 Å². The molecule has 0 radical (unpaired) electrons. The van der Waals surface area contributed by atoms with E-state index < -0.39 is 10.8 Å². The van der Waals surface area contributed by atoms with Crippen molar-refractivity contribution < 1.29 is 4.21 Å². The third-order valence-electron chi connectivity index (χ3n) is 3.27. The molecule has 1 saturated heterocycles.